The molecule has 1 aromatic rings. The van der Waals surface area contributed by atoms with Crippen molar-refractivity contribution in [2.24, 2.45) is 0 Å². The lowest BCUT2D eigenvalue weighted by molar-refractivity contribution is 0.484. The summed E-state index contributed by atoms with van der Waals surface area (Å²) in [4.78, 5) is 0. The molecule has 0 radical (unpaired) electrons. The van der Waals surface area contributed by atoms with Gasteiger partial charge in [0.05, 0.1) is 10.7 Å². The molecule has 0 saturated heterocycles. The minimum Gasteiger partial charge on any atom is -0.256 e. The van der Waals surface area contributed by atoms with E-state index in [0.717, 1.165) is 0 Å². The van der Waals surface area contributed by atoms with Crippen LogP contribution in [-0.4, -0.2) is 16.0 Å². The molecule has 0 N–H and O–H groups in total. The fraction of sp³-hybridized carbons (Fsp3) is 0.700. The maximum absolute atomic E-state index is 4.66. The van der Waals surface area contributed by atoms with Gasteiger partial charge < -0.3 is 0 Å². The van der Waals surface area contributed by atoms with E-state index >= 15 is 0 Å². The fourth-order valence-corrected chi connectivity index (χ4v) is 2.85. The van der Waals surface area contributed by atoms with E-state index in [-0.39, 0.29) is 0 Å². The Kier molecular flexibility index (Phi) is 2.37. The van der Waals surface area contributed by atoms with Gasteiger partial charge in [0.1, 0.15) is 0 Å². The highest BCUT2D eigenvalue weighted by Crippen LogP contribution is 2.32. The molecule has 0 bridgehead atoms. The van der Waals surface area contributed by atoms with Gasteiger partial charge in [-0.15, -0.1) is 11.8 Å². The fourth-order valence-electron chi connectivity index (χ4n) is 1.95. The van der Waals surface area contributed by atoms with Crippen molar-refractivity contribution in [3.8, 4) is 0 Å². The number of thioether (sulfide) groups is 1. The lowest BCUT2D eigenvalue weighted by Gasteiger charge is -2.10. The van der Waals surface area contributed by atoms with Crippen molar-refractivity contribution < 1.29 is 0 Å². The average Bonchev–Trinajstić information content (AvgIpc) is 2.60. The molecule has 0 aliphatic heterocycles. The minimum atomic E-state index is 0.494. The van der Waals surface area contributed by atoms with Crippen molar-refractivity contribution in [3.05, 3.63) is 11.3 Å². The molecule has 72 valence electrons. The zero-order valence-corrected chi connectivity index (χ0v) is 9.32. The third kappa shape index (κ3) is 1.39. The van der Waals surface area contributed by atoms with Gasteiger partial charge in [0.15, 0.2) is 0 Å². The van der Waals surface area contributed by atoms with Crippen LogP contribution in [0.4, 0.5) is 0 Å². The van der Waals surface area contributed by atoms with E-state index in [1.807, 2.05) is 11.8 Å². The van der Waals surface area contributed by atoms with Crippen LogP contribution in [0, 0.1) is 0 Å². The van der Waals surface area contributed by atoms with Crippen LogP contribution in [0.15, 0.2) is 5.03 Å². The Morgan fingerprint density at radius 3 is 2.77 bits per heavy atom. The van der Waals surface area contributed by atoms with Gasteiger partial charge in [0, 0.05) is 11.6 Å². The van der Waals surface area contributed by atoms with E-state index in [1.165, 1.54) is 35.5 Å². The van der Waals surface area contributed by atoms with Crippen LogP contribution in [0.3, 0.4) is 0 Å². The Labute approximate surface area is 83.7 Å². The molecule has 1 aliphatic carbocycles. The quantitative estimate of drug-likeness (QED) is 0.677. The average molecular weight is 196 g/mol. The summed E-state index contributed by atoms with van der Waals surface area (Å²) in [5, 5.41) is 6.05. The zero-order valence-electron chi connectivity index (χ0n) is 8.50. The standard InChI is InChI=1S/C10H16N2S/c1-7(2)12-10(13-3)8-5-4-6-9(8)11-12/h7H,4-6H2,1-3H3. The lowest BCUT2D eigenvalue weighted by Crippen LogP contribution is -2.05. The zero-order chi connectivity index (χ0) is 9.42. The van der Waals surface area contributed by atoms with Gasteiger partial charge in [-0.1, -0.05) is 0 Å². The molecule has 0 aromatic carbocycles. The molecule has 13 heavy (non-hydrogen) atoms. The predicted octanol–water partition coefficient (Wildman–Crippen LogP) is 2.67. The van der Waals surface area contributed by atoms with Crippen molar-refractivity contribution in [3.63, 3.8) is 0 Å². The third-order valence-corrected chi connectivity index (χ3v) is 3.39. The first-order chi connectivity index (χ1) is 6.24. The summed E-state index contributed by atoms with van der Waals surface area (Å²) in [7, 11) is 0. The second-order valence-corrected chi connectivity index (χ2v) is 4.62. The molecule has 1 aliphatic rings. The molecule has 3 heteroatoms. The van der Waals surface area contributed by atoms with Crippen molar-refractivity contribution in [1.82, 2.24) is 9.78 Å². The summed E-state index contributed by atoms with van der Waals surface area (Å²) >= 11 is 1.84. The Hall–Kier alpha value is -0.440. The van der Waals surface area contributed by atoms with Crippen LogP contribution < -0.4 is 0 Å². The van der Waals surface area contributed by atoms with E-state index in [0.29, 0.717) is 6.04 Å². The lowest BCUT2D eigenvalue weighted by atomic mass is 10.3. The molecule has 1 heterocycles. The van der Waals surface area contributed by atoms with E-state index in [9.17, 15) is 0 Å². The summed E-state index contributed by atoms with van der Waals surface area (Å²) in [5.41, 5.74) is 2.86. The number of aromatic nitrogens is 2. The third-order valence-electron chi connectivity index (χ3n) is 2.57. The van der Waals surface area contributed by atoms with Gasteiger partial charge in [0.25, 0.3) is 0 Å². The van der Waals surface area contributed by atoms with Crippen LogP contribution in [0.25, 0.3) is 0 Å². The van der Waals surface area contributed by atoms with Crippen LogP contribution in [0.2, 0.25) is 0 Å². The van der Waals surface area contributed by atoms with Crippen LogP contribution in [0.5, 0.6) is 0 Å². The maximum Gasteiger partial charge on any atom is 0.0975 e. The number of rotatable bonds is 2. The van der Waals surface area contributed by atoms with Gasteiger partial charge in [-0.3, -0.25) is 4.68 Å². The smallest absolute Gasteiger partial charge is 0.0975 e. The highest BCUT2D eigenvalue weighted by Gasteiger charge is 2.22. The second-order valence-electron chi connectivity index (χ2n) is 3.83. The molecule has 0 unspecified atom stereocenters. The number of nitrogens with zero attached hydrogens (tertiary/aromatic N) is 2. The van der Waals surface area contributed by atoms with E-state index in [1.54, 1.807) is 0 Å². The van der Waals surface area contributed by atoms with Crippen LogP contribution in [-0.2, 0) is 12.8 Å². The van der Waals surface area contributed by atoms with Gasteiger partial charge in [-0.25, -0.2) is 0 Å². The maximum atomic E-state index is 4.66. The molecule has 0 atom stereocenters. The molecule has 2 rings (SSSR count). The molecular formula is C10H16N2S. The molecular weight excluding hydrogens is 180 g/mol. The van der Waals surface area contributed by atoms with Crippen LogP contribution >= 0.6 is 11.8 Å². The number of aryl methyl sites for hydroxylation is 1. The highest BCUT2D eigenvalue weighted by molar-refractivity contribution is 7.98. The molecule has 0 amide bonds. The van der Waals surface area contributed by atoms with Gasteiger partial charge in [0.2, 0.25) is 0 Å². The topological polar surface area (TPSA) is 17.8 Å². The summed E-state index contributed by atoms with van der Waals surface area (Å²) < 4.78 is 2.18. The minimum absolute atomic E-state index is 0.494. The molecule has 2 nitrogen and oxygen atoms in total. The summed E-state index contributed by atoms with van der Waals surface area (Å²) in [6.45, 7) is 4.39. The first kappa shape index (κ1) is 9.13. The van der Waals surface area contributed by atoms with Gasteiger partial charge in [-0.05, 0) is 39.4 Å². The molecule has 0 fully saturated rings. The Morgan fingerprint density at radius 1 is 1.38 bits per heavy atom. The van der Waals surface area contributed by atoms with E-state index in [2.05, 4.69) is 29.9 Å². The molecule has 0 saturated carbocycles. The monoisotopic (exact) mass is 196 g/mol. The van der Waals surface area contributed by atoms with E-state index in [4.69, 9.17) is 0 Å². The van der Waals surface area contributed by atoms with Crippen molar-refractivity contribution in [2.45, 2.75) is 44.2 Å². The van der Waals surface area contributed by atoms with Crippen molar-refractivity contribution >= 4 is 11.8 Å². The first-order valence-corrected chi connectivity index (χ1v) is 6.10. The SMILES string of the molecule is CSc1c2c(nn1C(C)C)CCC2. The highest BCUT2D eigenvalue weighted by atomic mass is 32.2. The summed E-state index contributed by atoms with van der Waals surface area (Å²) in [6, 6.07) is 0.494. The second kappa shape index (κ2) is 3.37. The number of hydrogen-bond acceptors (Lipinski definition) is 2. The van der Waals surface area contributed by atoms with Crippen molar-refractivity contribution in [1.29, 1.82) is 0 Å². The predicted molar refractivity (Wildman–Crippen MR) is 56.4 cm³/mol. The Bertz CT molecular complexity index is 315. The first-order valence-electron chi connectivity index (χ1n) is 4.88. The Balaban J connectivity index is 2.47. The number of fused-ring (bicyclic) bond motifs is 1. The Morgan fingerprint density at radius 2 is 2.15 bits per heavy atom. The largest absolute Gasteiger partial charge is 0.256 e. The number of hydrogen-bond donors (Lipinski definition) is 0. The van der Waals surface area contributed by atoms with Gasteiger partial charge >= 0.3 is 0 Å². The molecule has 1 aromatic heterocycles. The summed E-state index contributed by atoms with van der Waals surface area (Å²) in [5.74, 6) is 0. The van der Waals surface area contributed by atoms with Crippen LogP contribution in [0.1, 0.15) is 37.6 Å². The normalized spacial score (nSPS) is 15.4. The van der Waals surface area contributed by atoms with E-state index < -0.39 is 0 Å². The summed E-state index contributed by atoms with van der Waals surface area (Å²) in [6.07, 6.45) is 5.86. The van der Waals surface area contributed by atoms with Crippen molar-refractivity contribution in [2.75, 3.05) is 6.26 Å². The molecule has 0 spiro atoms. The van der Waals surface area contributed by atoms with Gasteiger partial charge in [-0.2, -0.15) is 5.10 Å².